The number of halogens is 1. The summed E-state index contributed by atoms with van der Waals surface area (Å²) >= 11 is 6.14. The summed E-state index contributed by atoms with van der Waals surface area (Å²) in [5, 5.41) is 0.966. The van der Waals surface area contributed by atoms with Crippen molar-refractivity contribution in [3.05, 3.63) is 30.3 Å². The van der Waals surface area contributed by atoms with Gasteiger partial charge in [-0.3, -0.25) is 4.79 Å². The minimum absolute atomic E-state index is 0.216. The highest BCUT2D eigenvalue weighted by Crippen LogP contribution is 2.26. The maximum absolute atomic E-state index is 11.8. The molecule has 0 fully saturated rings. The number of esters is 1. The maximum atomic E-state index is 11.8. The molecule has 108 valence electrons. The summed E-state index contributed by atoms with van der Waals surface area (Å²) < 4.78 is 6.72. The van der Waals surface area contributed by atoms with E-state index in [0.29, 0.717) is 12.3 Å². The Bertz CT molecular complexity index is 577. The van der Waals surface area contributed by atoms with E-state index < -0.39 is 0 Å². The zero-order valence-corrected chi connectivity index (χ0v) is 12.5. The van der Waals surface area contributed by atoms with Gasteiger partial charge in [0.25, 0.3) is 0 Å². The second kappa shape index (κ2) is 7.34. The molecule has 3 nitrogen and oxygen atoms in total. The van der Waals surface area contributed by atoms with Gasteiger partial charge in [0.05, 0.1) is 5.52 Å². The van der Waals surface area contributed by atoms with Crippen molar-refractivity contribution in [3.63, 3.8) is 0 Å². The minimum Gasteiger partial charge on any atom is -0.408 e. The largest absolute Gasteiger partial charge is 0.408 e. The van der Waals surface area contributed by atoms with Gasteiger partial charge in [0.2, 0.25) is 5.88 Å². The number of hydrogen-bond acceptors (Lipinski definition) is 2. The summed E-state index contributed by atoms with van der Waals surface area (Å²) in [7, 11) is 0. The third kappa shape index (κ3) is 3.76. The van der Waals surface area contributed by atoms with Crippen molar-refractivity contribution in [3.8, 4) is 5.88 Å². The van der Waals surface area contributed by atoms with Gasteiger partial charge in [-0.15, -0.1) is 0 Å². The van der Waals surface area contributed by atoms with Crippen LogP contribution in [0.1, 0.15) is 45.4 Å². The third-order valence-corrected chi connectivity index (χ3v) is 3.67. The lowest BCUT2D eigenvalue weighted by Gasteiger charge is -2.04. The normalized spacial score (nSPS) is 10.9. The molecule has 0 spiro atoms. The summed E-state index contributed by atoms with van der Waals surface area (Å²) in [4.78, 5) is 11.8. The van der Waals surface area contributed by atoms with Crippen LogP contribution >= 0.6 is 11.8 Å². The average Bonchev–Trinajstić information content (AvgIpc) is 2.76. The molecule has 2 rings (SSSR count). The van der Waals surface area contributed by atoms with Gasteiger partial charge in [0.1, 0.15) is 0 Å². The molecule has 1 heterocycles. The van der Waals surface area contributed by atoms with Crippen LogP contribution in [0.4, 0.5) is 0 Å². The summed E-state index contributed by atoms with van der Waals surface area (Å²) in [5.41, 5.74) is 0.847. The van der Waals surface area contributed by atoms with Gasteiger partial charge >= 0.3 is 5.97 Å². The van der Waals surface area contributed by atoms with E-state index >= 15 is 0 Å². The van der Waals surface area contributed by atoms with Crippen LogP contribution in [-0.2, 0) is 4.79 Å². The van der Waals surface area contributed by atoms with Crippen LogP contribution in [0, 0.1) is 0 Å². The fourth-order valence-corrected chi connectivity index (χ4v) is 2.44. The quantitative estimate of drug-likeness (QED) is 0.536. The lowest BCUT2D eigenvalue weighted by atomic mass is 10.1. The van der Waals surface area contributed by atoms with Crippen molar-refractivity contribution in [2.75, 3.05) is 0 Å². The van der Waals surface area contributed by atoms with E-state index in [2.05, 4.69) is 6.92 Å². The van der Waals surface area contributed by atoms with E-state index in [1.165, 1.54) is 23.3 Å². The van der Waals surface area contributed by atoms with Gasteiger partial charge in [-0.1, -0.05) is 50.8 Å². The van der Waals surface area contributed by atoms with Crippen LogP contribution in [0.5, 0.6) is 5.88 Å². The Morgan fingerprint density at radius 3 is 2.70 bits per heavy atom. The Morgan fingerprint density at radius 1 is 1.20 bits per heavy atom. The van der Waals surface area contributed by atoms with E-state index in [0.717, 1.165) is 23.7 Å². The molecule has 0 aliphatic carbocycles. The Labute approximate surface area is 124 Å². The van der Waals surface area contributed by atoms with Crippen molar-refractivity contribution < 1.29 is 9.53 Å². The molecular weight excluding hydrogens is 274 g/mol. The smallest absolute Gasteiger partial charge is 0.312 e. The summed E-state index contributed by atoms with van der Waals surface area (Å²) in [6.07, 6.45) is 6.01. The third-order valence-electron chi connectivity index (χ3n) is 3.32. The van der Waals surface area contributed by atoms with E-state index in [4.69, 9.17) is 16.5 Å². The predicted octanol–water partition coefficient (Wildman–Crippen LogP) is 4.91. The first-order valence-electron chi connectivity index (χ1n) is 7.19. The molecule has 0 aliphatic heterocycles. The second-order valence-electron chi connectivity index (χ2n) is 4.96. The molecule has 0 atom stereocenters. The van der Waals surface area contributed by atoms with Crippen LogP contribution < -0.4 is 4.74 Å². The number of benzene rings is 1. The highest BCUT2D eigenvalue weighted by Gasteiger charge is 2.11. The number of para-hydroxylation sites is 1. The first-order chi connectivity index (χ1) is 9.72. The standard InChI is InChI=1S/C16H20ClNO2/c1-2-3-4-5-6-11-16(19)20-15-12-13-9-7-8-10-14(13)18(15)17/h7-10,12H,2-6,11H2,1H3. The molecule has 0 saturated heterocycles. The molecule has 0 aliphatic rings. The Hall–Kier alpha value is -1.48. The van der Waals surface area contributed by atoms with Gasteiger partial charge in [0.15, 0.2) is 0 Å². The molecule has 0 N–H and O–H groups in total. The summed E-state index contributed by atoms with van der Waals surface area (Å²) in [5.74, 6) is 0.178. The Balaban J connectivity index is 1.88. The lowest BCUT2D eigenvalue weighted by molar-refractivity contribution is -0.134. The molecule has 0 bridgehead atoms. The van der Waals surface area contributed by atoms with Crippen molar-refractivity contribution >= 4 is 28.6 Å². The van der Waals surface area contributed by atoms with Gasteiger partial charge in [0, 0.05) is 29.7 Å². The number of rotatable bonds is 7. The zero-order chi connectivity index (χ0) is 14.4. The van der Waals surface area contributed by atoms with Gasteiger partial charge in [-0.25, -0.2) is 4.09 Å². The van der Waals surface area contributed by atoms with E-state index in [-0.39, 0.29) is 5.97 Å². The number of nitrogens with zero attached hydrogens (tertiary/aromatic N) is 1. The van der Waals surface area contributed by atoms with Gasteiger partial charge in [-0.2, -0.15) is 0 Å². The van der Waals surface area contributed by atoms with Crippen LogP contribution in [0.2, 0.25) is 0 Å². The SMILES string of the molecule is CCCCCCCC(=O)Oc1cc2ccccc2n1Cl. The number of ether oxygens (including phenoxy) is 1. The molecular formula is C16H20ClNO2. The predicted molar refractivity (Wildman–Crippen MR) is 82.2 cm³/mol. The topological polar surface area (TPSA) is 31.2 Å². The molecule has 2 aromatic rings. The number of aromatic nitrogens is 1. The molecule has 0 radical (unpaired) electrons. The summed E-state index contributed by atoms with van der Waals surface area (Å²) in [6, 6.07) is 9.46. The monoisotopic (exact) mass is 293 g/mol. The number of fused-ring (bicyclic) bond motifs is 1. The van der Waals surface area contributed by atoms with Crippen molar-refractivity contribution in [2.24, 2.45) is 0 Å². The van der Waals surface area contributed by atoms with Crippen LogP contribution in [0.15, 0.2) is 30.3 Å². The fourth-order valence-electron chi connectivity index (χ4n) is 2.21. The average molecular weight is 294 g/mol. The number of carbonyl (C=O) groups excluding carboxylic acids is 1. The fraction of sp³-hybridized carbons (Fsp3) is 0.438. The van der Waals surface area contributed by atoms with E-state index in [9.17, 15) is 4.79 Å². The van der Waals surface area contributed by atoms with Crippen LogP contribution in [0.25, 0.3) is 10.9 Å². The molecule has 1 aromatic carbocycles. The van der Waals surface area contributed by atoms with Crippen LogP contribution in [0.3, 0.4) is 0 Å². The first kappa shape index (κ1) is 14.9. The molecule has 0 saturated carbocycles. The van der Waals surface area contributed by atoms with Gasteiger partial charge < -0.3 is 4.74 Å². The van der Waals surface area contributed by atoms with Crippen molar-refractivity contribution in [1.82, 2.24) is 4.09 Å². The number of unbranched alkanes of at least 4 members (excludes halogenated alkanes) is 4. The first-order valence-corrected chi connectivity index (χ1v) is 7.53. The molecule has 0 amide bonds. The number of hydrogen-bond donors (Lipinski definition) is 0. The van der Waals surface area contributed by atoms with Crippen molar-refractivity contribution in [2.45, 2.75) is 45.4 Å². The van der Waals surface area contributed by atoms with Crippen LogP contribution in [-0.4, -0.2) is 10.1 Å². The Morgan fingerprint density at radius 2 is 1.95 bits per heavy atom. The van der Waals surface area contributed by atoms with E-state index in [1.807, 2.05) is 24.3 Å². The zero-order valence-electron chi connectivity index (χ0n) is 11.8. The summed E-state index contributed by atoms with van der Waals surface area (Å²) in [6.45, 7) is 2.17. The second-order valence-corrected chi connectivity index (χ2v) is 5.30. The minimum atomic E-state index is -0.216. The Kier molecular flexibility index (Phi) is 5.48. The molecule has 4 heteroatoms. The number of carbonyl (C=O) groups is 1. The molecule has 20 heavy (non-hydrogen) atoms. The highest BCUT2D eigenvalue weighted by molar-refractivity contribution is 6.20. The molecule has 1 aromatic heterocycles. The lowest BCUT2D eigenvalue weighted by Crippen LogP contribution is -2.08. The van der Waals surface area contributed by atoms with E-state index in [1.54, 1.807) is 6.07 Å². The van der Waals surface area contributed by atoms with Gasteiger partial charge in [-0.05, 0) is 12.5 Å². The molecule has 0 unspecified atom stereocenters. The van der Waals surface area contributed by atoms with Crippen molar-refractivity contribution in [1.29, 1.82) is 0 Å². The highest BCUT2D eigenvalue weighted by atomic mass is 35.5. The maximum Gasteiger partial charge on any atom is 0.312 e.